The first kappa shape index (κ1) is 21.2. The van der Waals surface area contributed by atoms with Gasteiger partial charge in [0, 0.05) is 23.7 Å². The summed E-state index contributed by atoms with van der Waals surface area (Å²) in [5.74, 6) is 0.733. The van der Waals surface area contributed by atoms with Gasteiger partial charge < -0.3 is 10.1 Å². The van der Waals surface area contributed by atoms with Crippen LogP contribution in [0.15, 0.2) is 46.9 Å². The monoisotopic (exact) mass is 464 g/mol. The van der Waals surface area contributed by atoms with Crippen LogP contribution in [0, 0.1) is 0 Å². The smallest absolute Gasteiger partial charge is 0.224 e. The quantitative estimate of drug-likeness (QED) is 0.495. The summed E-state index contributed by atoms with van der Waals surface area (Å²) in [7, 11) is 0. The van der Waals surface area contributed by atoms with Crippen molar-refractivity contribution in [3.63, 3.8) is 0 Å². The number of benzene rings is 2. The van der Waals surface area contributed by atoms with Gasteiger partial charge in [-0.05, 0) is 84.2 Å². The minimum absolute atomic E-state index is 0.00236. The number of piperidine rings is 1. The van der Waals surface area contributed by atoms with Crippen molar-refractivity contribution in [3.05, 3.63) is 57.5 Å². The highest BCUT2D eigenvalue weighted by atomic mass is 79.9. The molecule has 1 heterocycles. The molecule has 0 unspecified atom stereocenters. The molecule has 0 saturated carbocycles. The number of hydrogen-bond acceptors (Lipinski definition) is 3. The Kier molecular flexibility index (Phi) is 8.19. The average molecular weight is 466 g/mol. The summed E-state index contributed by atoms with van der Waals surface area (Å²) in [4.78, 5) is 14.6. The van der Waals surface area contributed by atoms with E-state index in [0.717, 1.165) is 22.5 Å². The number of nitrogens with one attached hydrogen (secondary N) is 1. The molecule has 3 rings (SSSR count). The summed E-state index contributed by atoms with van der Waals surface area (Å²) in [5.41, 5.74) is 2.13. The zero-order chi connectivity index (χ0) is 19.8. The van der Waals surface area contributed by atoms with E-state index in [-0.39, 0.29) is 5.91 Å². The number of halogens is 2. The summed E-state index contributed by atoms with van der Waals surface area (Å²) in [6.07, 6.45) is 5.01. The van der Waals surface area contributed by atoms with Gasteiger partial charge in [0.15, 0.2) is 0 Å². The molecule has 2 aromatic rings. The molecule has 1 N–H and O–H groups in total. The van der Waals surface area contributed by atoms with Gasteiger partial charge in [-0.1, -0.05) is 30.2 Å². The minimum atomic E-state index is 0.00236. The van der Waals surface area contributed by atoms with Crippen LogP contribution in [0.2, 0.25) is 5.02 Å². The molecule has 150 valence electrons. The first-order valence-corrected chi connectivity index (χ1v) is 11.0. The molecule has 28 heavy (non-hydrogen) atoms. The number of carbonyl (C=O) groups is 1. The molecular formula is C22H26BrClN2O2. The fourth-order valence-electron chi connectivity index (χ4n) is 3.30. The lowest BCUT2D eigenvalue weighted by Crippen LogP contribution is -2.29. The molecule has 1 aliphatic rings. The topological polar surface area (TPSA) is 41.6 Å². The van der Waals surface area contributed by atoms with Crippen molar-refractivity contribution in [2.24, 2.45) is 0 Å². The second kappa shape index (κ2) is 10.8. The second-order valence-corrected chi connectivity index (χ2v) is 8.40. The normalized spacial score (nSPS) is 14.6. The molecule has 0 radical (unpaired) electrons. The molecule has 1 amide bonds. The third-order valence-electron chi connectivity index (χ3n) is 4.79. The van der Waals surface area contributed by atoms with Crippen molar-refractivity contribution in [1.29, 1.82) is 0 Å². The van der Waals surface area contributed by atoms with Crippen LogP contribution in [0.5, 0.6) is 5.75 Å². The van der Waals surface area contributed by atoms with Gasteiger partial charge in [0.05, 0.1) is 11.1 Å². The highest BCUT2D eigenvalue weighted by molar-refractivity contribution is 9.10. The van der Waals surface area contributed by atoms with Crippen molar-refractivity contribution in [1.82, 2.24) is 4.90 Å². The van der Waals surface area contributed by atoms with E-state index >= 15 is 0 Å². The summed E-state index contributed by atoms with van der Waals surface area (Å²) in [6, 6.07) is 13.6. The zero-order valence-corrected chi connectivity index (χ0v) is 18.3. The van der Waals surface area contributed by atoms with E-state index in [0.29, 0.717) is 24.5 Å². The Labute approximate surface area is 180 Å². The average Bonchev–Trinajstić information content (AvgIpc) is 2.69. The van der Waals surface area contributed by atoms with E-state index in [9.17, 15) is 4.79 Å². The van der Waals surface area contributed by atoms with Gasteiger partial charge >= 0.3 is 0 Å². The van der Waals surface area contributed by atoms with Crippen LogP contribution in [-0.2, 0) is 11.3 Å². The molecule has 0 bridgehead atoms. The Morgan fingerprint density at radius 3 is 2.57 bits per heavy atom. The number of rotatable bonds is 8. The molecular weight excluding hydrogens is 440 g/mol. The van der Waals surface area contributed by atoms with Crippen molar-refractivity contribution in [2.75, 3.05) is 25.0 Å². The lowest BCUT2D eigenvalue weighted by molar-refractivity contribution is -0.116. The Morgan fingerprint density at radius 2 is 1.86 bits per heavy atom. The fraction of sp³-hybridized carbons (Fsp3) is 0.409. The lowest BCUT2D eigenvalue weighted by atomic mass is 10.1. The molecule has 0 atom stereocenters. The highest BCUT2D eigenvalue weighted by Crippen LogP contribution is 2.28. The molecule has 2 aromatic carbocycles. The van der Waals surface area contributed by atoms with E-state index in [4.69, 9.17) is 16.3 Å². The van der Waals surface area contributed by atoms with E-state index in [1.807, 2.05) is 18.2 Å². The second-order valence-electron chi connectivity index (χ2n) is 7.11. The molecule has 4 nitrogen and oxygen atoms in total. The summed E-state index contributed by atoms with van der Waals surface area (Å²) in [6.45, 7) is 3.84. The zero-order valence-electron chi connectivity index (χ0n) is 15.9. The molecule has 1 saturated heterocycles. The molecule has 1 aliphatic heterocycles. The van der Waals surface area contributed by atoms with Crippen molar-refractivity contribution in [2.45, 2.75) is 38.6 Å². The van der Waals surface area contributed by atoms with E-state index < -0.39 is 0 Å². The predicted molar refractivity (Wildman–Crippen MR) is 118 cm³/mol. The Bertz CT molecular complexity index is 777. The third-order valence-corrected chi connectivity index (χ3v) is 5.65. The van der Waals surface area contributed by atoms with Gasteiger partial charge in [-0.3, -0.25) is 9.69 Å². The van der Waals surface area contributed by atoms with Crippen molar-refractivity contribution >= 4 is 39.1 Å². The summed E-state index contributed by atoms with van der Waals surface area (Å²) < 4.78 is 6.50. The third kappa shape index (κ3) is 6.80. The number of ether oxygens (including phenoxy) is 1. The largest absolute Gasteiger partial charge is 0.492 e. The Balaban J connectivity index is 1.37. The number of likely N-dealkylation sites (tertiary alicyclic amines) is 1. The molecule has 0 spiro atoms. The van der Waals surface area contributed by atoms with E-state index in [1.165, 1.54) is 37.9 Å². The van der Waals surface area contributed by atoms with Gasteiger partial charge in [-0.2, -0.15) is 0 Å². The molecule has 1 fully saturated rings. The van der Waals surface area contributed by atoms with Gasteiger partial charge in [0.2, 0.25) is 5.91 Å². The Hall–Kier alpha value is -1.56. The first-order chi connectivity index (χ1) is 13.6. The molecule has 0 aromatic heterocycles. The number of carbonyl (C=O) groups excluding carboxylic acids is 1. The maximum atomic E-state index is 12.1. The fourth-order valence-corrected chi connectivity index (χ4v) is 4.10. The SMILES string of the molecule is O=C(CCCOc1ccc(Cl)cc1Br)Nc1ccc(CN2CCCCC2)cc1. The van der Waals surface area contributed by atoms with Crippen LogP contribution in [0.3, 0.4) is 0 Å². The minimum Gasteiger partial charge on any atom is -0.492 e. The van der Waals surface area contributed by atoms with Crippen LogP contribution in [0.1, 0.15) is 37.7 Å². The first-order valence-electron chi connectivity index (χ1n) is 9.79. The van der Waals surface area contributed by atoms with E-state index in [2.05, 4.69) is 38.3 Å². The maximum Gasteiger partial charge on any atom is 0.224 e. The van der Waals surface area contributed by atoms with Crippen LogP contribution < -0.4 is 10.1 Å². The van der Waals surface area contributed by atoms with Crippen molar-refractivity contribution in [3.8, 4) is 5.75 Å². The van der Waals surface area contributed by atoms with Gasteiger partial charge in [-0.15, -0.1) is 0 Å². The number of amides is 1. The number of hydrogen-bond donors (Lipinski definition) is 1. The highest BCUT2D eigenvalue weighted by Gasteiger charge is 2.10. The van der Waals surface area contributed by atoms with Gasteiger partial charge in [0.25, 0.3) is 0 Å². The maximum absolute atomic E-state index is 12.1. The summed E-state index contributed by atoms with van der Waals surface area (Å²) >= 11 is 9.33. The summed E-state index contributed by atoms with van der Waals surface area (Å²) in [5, 5.41) is 3.61. The molecule has 0 aliphatic carbocycles. The van der Waals surface area contributed by atoms with Crippen molar-refractivity contribution < 1.29 is 9.53 Å². The van der Waals surface area contributed by atoms with Crippen LogP contribution >= 0.6 is 27.5 Å². The Morgan fingerprint density at radius 1 is 1.11 bits per heavy atom. The lowest BCUT2D eigenvalue weighted by Gasteiger charge is -2.26. The van der Waals surface area contributed by atoms with Crippen LogP contribution in [0.4, 0.5) is 5.69 Å². The van der Waals surface area contributed by atoms with Gasteiger partial charge in [0.1, 0.15) is 5.75 Å². The van der Waals surface area contributed by atoms with E-state index in [1.54, 1.807) is 12.1 Å². The van der Waals surface area contributed by atoms with Crippen LogP contribution in [-0.4, -0.2) is 30.5 Å². The molecule has 6 heteroatoms. The standard InChI is InChI=1S/C22H26BrClN2O2/c23-20-15-18(24)8-11-21(20)28-14-4-5-22(27)25-19-9-6-17(7-10-19)16-26-12-2-1-3-13-26/h6-11,15H,1-5,12-14,16H2,(H,25,27). The van der Waals surface area contributed by atoms with Crippen LogP contribution in [0.25, 0.3) is 0 Å². The van der Waals surface area contributed by atoms with Gasteiger partial charge in [-0.25, -0.2) is 0 Å². The number of nitrogens with zero attached hydrogens (tertiary/aromatic N) is 1. The number of anilines is 1. The predicted octanol–water partition coefficient (Wildman–Crippen LogP) is 5.89.